The van der Waals surface area contributed by atoms with Gasteiger partial charge in [-0.15, -0.1) is 11.3 Å². The molecule has 7 heteroatoms. The lowest BCUT2D eigenvalue weighted by atomic mass is 10.2. The average molecular weight is 396 g/mol. The maximum atomic E-state index is 12.7. The fraction of sp³-hybridized carbons (Fsp3) is 0.167. The molecule has 1 N–H and O–H groups in total. The topological polar surface area (TPSA) is 47.6 Å². The number of aryl methyl sites for hydroxylation is 1. The Balaban J connectivity index is 1.99. The molecule has 0 aliphatic carbocycles. The number of ether oxygens (including phenoxy) is 2. The van der Waals surface area contributed by atoms with Crippen LogP contribution in [0.1, 0.15) is 15.2 Å². The Morgan fingerprint density at radius 3 is 2.48 bits per heavy atom. The lowest BCUT2D eigenvalue weighted by molar-refractivity contribution is 0.103. The van der Waals surface area contributed by atoms with Crippen LogP contribution in [0.25, 0.3) is 10.1 Å². The fourth-order valence-corrected chi connectivity index (χ4v) is 4.20. The summed E-state index contributed by atoms with van der Waals surface area (Å²) in [4.78, 5) is 13.2. The van der Waals surface area contributed by atoms with Crippen LogP contribution >= 0.6 is 34.5 Å². The molecule has 2 aromatic carbocycles. The predicted octanol–water partition coefficient (Wildman–Crippen LogP) is 5.79. The molecule has 0 unspecified atom stereocenters. The Labute approximate surface area is 159 Å². The van der Waals surface area contributed by atoms with Gasteiger partial charge < -0.3 is 14.8 Å². The molecule has 25 heavy (non-hydrogen) atoms. The zero-order valence-corrected chi connectivity index (χ0v) is 16.1. The van der Waals surface area contributed by atoms with Gasteiger partial charge in [0.25, 0.3) is 5.91 Å². The molecule has 3 rings (SSSR count). The first-order chi connectivity index (χ1) is 11.9. The molecule has 0 aliphatic rings. The monoisotopic (exact) mass is 395 g/mol. The zero-order valence-electron chi connectivity index (χ0n) is 13.8. The van der Waals surface area contributed by atoms with Crippen LogP contribution in [0.3, 0.4) is 0 Å². The van der Waals surface area contributed by atoms with Crippen LogP contribution in [0.2, 0.25) is 10.0 Å². The van der Waals surface area contributed by atoms with Gasteiger partial charge in [-0.1, -0.05) is 35.3 Å². The summed E-state index contributed by atoms with van der Waals surface area (Å²) in [5.41, 5.74) is 1.57. The number of benzene rings is 2. The molecule has 130 valence electrons. The summed E-state index contributed by atoms with van der Waals surface area (Å²) in [6.07, 6.45) is 0. The first-order valence-electron chi connectivity index (χ1n) is 7.36. The van der Waals surface area contributed by atoms with Crippen LogP contribution < -0.4 is 14.8 Å². The molecule has 1 amide bonds. The van der Waals surface area contributed by atoms with Crippen molar-refractivity contribution in [3.8, 4) is 11.5 Å². The van der Waals surface area contributed by atoms with E-state index in [9.17, 15) is 4.79 Å². The SMILES string of the molecule is COc1cc(NC(=O)c2sc3cc(C)ccc3c2Cl)c(OC)cc1Cl. The highest BCUT2D eigenvalue weighted by Crippen LogP contribution is 2.39. The number of thiophene rings is 1. The second kappa shape index (κ2) is 7.12. The summed E-state index contributed by atoms with van der Waals surface area (Å²) in [6, 6.07) is 9.10. The fourth-order valence-electron chi connectivity index (χ4n) is 2.46. The molecular formula is C18H15Cl2NO3S. The van der Waals surface area contributed by atoms with Crippen molar-refractivity contribution < 1.29 is 14.3 Å². The summed E-state index contributed by atoms with van der Waals surface area (Å²) >= 11 is 13.8. The van der Waals surface area contributed by atoms with Gasteiger partial charge in [0.15, 0.2) is 0 Å². The number of carbonyl (C=O) groups excluding carboxylic acids is 1. The molecule has 0 aliphatic heterocycles. The van der Waals surface area contributed by atoms with Crippen molar-refractivity contribution in [3.63, 3.8) is 0 Å². The molecule has 0 saturated carbocycles. The Hall–Kier alpha value is -1.95. The van der Waals surface area contributed by atoms with Crippen molar-refractivity contribution in [1.29, 1.82) is 0 Å². The third kappa shape index (κ3) is 3.40. The number of nitrogens with one attached hydrogen (secondary N) is 1. The second-order valence-electron chi connectivity index (χ2n) is 5.39. The van der Waals surface area contributed by atoms with Gasteiger partial charge >= 0.3 is 0 Å². The van der Waals surface area contributed by atoms with E-state index in [-0.39, 0.29) is 5.91 Å². The van der Waals surface area contributed by atoms with E-state index in [1.54, 1.807) is 12.1 Å². The number of hydrogen-bond donors (Lipinski definition) is 1. The number of carbonyl (C=O) groups is 1. The molecule has 0 bridgehead atoms. The van der Waals surface area contributed by atoms with Crippen molar-refractivity contribution in [2.24, 2.45) is 0 Å². The number of hydrogen-bond acceptors (Lipinski definition) is 4. The van der Waals surface area contributed by atoms with Gasteiger partial charge in [-0.25, -0.2) is 0 Å². The Morgan fingerprint density at radius 1 is 1.08 bits per heavy atom. The lowest BCUT2D eigenvalue weighted by Crippen LogP contribution is -2.11. The van der Waals surface area contributed by atoms with E-state index < -0.39 is 0 Å². The molecule has 0 spiro atoms. The molecular weight excluding hydrogens is 381 g/mol. The number of halogens is 2. The molecule has 0 radical (unpaired) electrons. The Kier molecular flexibility index (Phi) is 5.08. The predicted molar refractivity (Wildman–Crippen MR) is 104 cm³/mol. The van der Waals surface area contributed by atoms with Crippen LogP contribution in [0.5, 0.6) is 11.5 Å². The molecule has 4 nitrogen and oxygen atoms in total. The average Bonchev–Trinajstić information content (AvgIpc) is 2.92. The van der Waals surface area contributed by atoms with Crippen molar-refractivity contribution in [1.82, 2.24) is 0 Å². The van der Waals surface area contributed by atoms with Crippen LogP contribution in [0.15, 0.2) is 30.3 Å². The molecule has 0 saturated heterocycles. The molecule has 0 atom stereocenters. The lowest BCUT2D eigenvalue weighted by Gasteiger charge is -2.12. The van der Waals surface area contributed by atoms with Crippen molar-refractivity contribution in [2.75, 3.05) is 19.5 Å². The van der Waals surface area contributed by atoms with Gasteiger partial charge in [-0.2, -0.15) is 0 Å². The normalized spacial score (nSPS) is 10.8. The molecule has 1 aromatic heterocycles. The highest BCUT2D eigenvalue weighted by molar-refractivity contribution is 7.21. The quantitative estimate of drug-likeness (QED) is 0.608. The van der Waals surface area contributed by atoms with Crippen LogP contribution in [-0.2, 0) is 0 Å². The minimum absolute atomic E-state index is 0.313. The van der Waals surface area contributed by atoms with E-state index in [4.69, 9.17) is 32.7 Å². The molecule has 0 fully saturated rings. The minimum atomic E-state index is -0.313. The largest absolute Gasteiger partial charge is 0.495 e. The maximum absolute atomic E-state index is 12.7. The summed E-state index contributed by atoms with van der Waals surface area (Å²) in [5, 5.41) is 4.52. The number of rotatable bonds is 4. The van der Waals surface area contributed by atoms with Gasteiger partial charge in [-0.3, -0.25) is 4.79 Å². The van der Waals surface area contributed by atoms with Crippen molar-refractivity contribution >= 4 is 56.2 Å². The number of anilines is 1. The highest BCUT2D eigenvalue weighted by Gasteiger charge is 2.19. The first-order valence-corrected chi connectivity index (χ1v) is 8.93. The number of fused-ring (bicyclic) bond motifs is 1. The van der Waals surface area contributed by atoms with Crippen LogP contribution in [-0.4, -0.2) is 20.1 Å². The van der Waals surface area contributed by atoms with E-state index in [1.165, 1.54) is 25.6 Å². The summed E-state index contributed by atoms with van der Waals surface area (Å²) < 4.78 is 11.4. The maximum Gasteiger partial charge on any atom is 0.267 e. The van der Waals surface area contributed by atoms with Gasteiger partial charge in [0.05, 0.1) is 30.0 Å². The van der Waals surface area contributed by atoms with E-state index in [1.807, 2.05) is 25.1 Å². The van der Waals surface area contributed by atoms with Gasteiger partial charge in [0.2, 0.25) is 0 Å². The summed E-state index contributed by atoms with van der Waals surface area (Å²) in [6.45, 7) is 2.00. The highest BCUT2D eigenvalue weighted by atomic mass is 35.5. The first kappa shape index (κ1) is 17.9. The van der Waals surface area contributed by atoms with Crippen molar-refractivity contribution in [2.45, 2.75) is 6.92 Å². The van der Waals surface area contributed by atoms with E-state index in [2.05, 4.69) is 5.32 Å². The second-order valence-corrected chi connectivity index (χ2v) is 7.22. The third-order valence-electron chi connectivity index (χ3n) is 3.71. The van der Waals surface area contributed by atoms with E-state index in [0.29, 0.717) is 32.1 Å². The van der Waals surface area contributed by atoms with Gasteiger partial charge in [-0.05, 0) is 18.6 Å². The van der Waals surface area contributed by atoms with E-state index >= 15 is 0 Å². The number of methoxy groups -OCH3 is 2. The van der Waals surface area contributed by atoms with Crippen LogP contribution in [0, 0.1) is 6.92 Å². The minimum Gasteiger partial charge on any atom is -0.495 e. The van der Waals surface area contributed by atoms with E-state index in [0.717, 1.165) is 15.6 Å². The summed E-state index contributed by atoms with van der Waals surface area (Å²) in [7, 11) is 3.01. The Bertz CT molecular complexity index is 969. The Morgan fingerprint density at radius 2 is 1.80 bits per heavy atom. The van der Waals surface area contributed by atoms with Gasteiger partial charge in [0.1, 0.15) is 16.4 Å². The van der Waals surface area contributed by atoms with Gasteiger partial charge in [0, 0.05) is 22.2 Å². The van der Waals surface area contributed by atoms with Crippen LogP contribution in [0.4, 0.5) is 5.69 Å². The third-order valence-corrected chi connectivity index (χ3v) is 5.66. The zero-order chi connectivity index (χ0) is 18.1. The summed E-state index contributed by atoms with van der Waals surface area (Å²) in [5.74, 6) is 0.564. The number of amides is 1. The smallest absolute Gasteiger partial charge is 0.267 e. The van der Waals surface area contributed by atoms with Crippen molar-refractivity contribution in [3.05, 3.63) is 50.8 Å². The molecule has 1 heterocycles. The molecule has 3 aromatic rings. The standard InChI is InChI=1S/C18H15Cl2NO3S/c1-9-4-5-10-15(6-9)25-17(16(10)20)18(22)21-12-8-13(23-2)11(19)7-14(12)24-3/h4-8H,1-3H3,(H,21,22).